The summed E-state index contributed by atoms with van der Waals surface area (Å²) in [5.41, 5.74) is 2.75. The number of benzene rings is 2. The van der Waals surface area contributed by atoms with E-state index in [0.29, 0.717) is 23.0 Å². The average Bonchev–Trinajstić information content (AvgIpc) is 2.70. The molecule has 0 aliphatic rings. The highest BCUT2D eigenvalue weighted by Crippen LogP contribution is 2.29. The lowest BCUT2D eigenvalue weighted by molar-refractivity contribution is 0.102. The van der Waals surface area contributed by atoms with Crippen LogP contribution in [0.15, 0.2) is 54.9 Å². The van der Waals surface area contributed by atoms with Gasteiger partial charge in [0.1, 0.15) is 23.0 Å². The van der Waals surface area contributed by atoms with E-state index in [0.717, 1.165) is 11.3 Å². The second-order valence-corrected chi connectivity index (χ2v) is 5.75. The van der Waals surface area contributed by atoms with E-state index in [4.69, 9.17) is 9.47 Å². The van der Waals surface area contributed by atoms with E-state index in [9.17, 15) is 4.79 Å². The molecule has 7 nitrogen and oxygen atoms in total. The van der Waals surface area contributed by atoms with Crippen LogP contribution in [0.4, 0.5) is 17.2 Å². The van der Waals surface area contributed by atoms with Gasteiger partial charge in [-0.1, -0.05) is 18.2 Å². The van der Waals surface area contributed by atoms with E-state index in [2.05, 4.69) is 20.6 Å². The van der Waals surface area contributed by atoms with Crippen LogP contribution in [-0.2, 0) is 0 Å². The Morgan fingerprint density at radius 2 is 1.78 bits per heavy atom. The molecule has 0 radical (unpaired) electrons. The second-order valence-electron chi connectivity index (χ2n) is 5.75. The van der Waals surface area contributed by atoms with Crippen LogP contribution in [0.3, 0.4) is 0 Å². The molecule has 0 saturated heterocycles. The van der Waals surface area contributed by atoms with Crippen molar-refractivity contribution in [2.75, 3.05) is 24.9 Å². The van der Waals surface area contributed by atoms with Crippen molar-refractivity contribution in [2.45, 2.75) is 6.92 Å². The van der Waals surface area contributed by atoms with E-state index in [-0.39, 0.29) is 11.6 Å². The SMILES string of the molecule is COc1ccc(NC(=O)c2cnc(Nc3ccccc3C)cn2)c(OC)c1. The summed E-state index contributed by atoms with van der Waals surface area (Å²) in [6.07, 6.45) is 2.94. The number of aryl methyl sites for hydroxylation is 1. The molecule has 1 aromatic heterocycles. The van der Waals surface area contributed by atoms with Crippen molar-refractivity contribution in [2.24, 2.45) is 0 Å². The quantitative estimate of drug-likeness (QED) is 0.692. The number of hydrogen-bond acceptors (Lipinski definition) is 6. The van der Waals surface area contributed by atoms with Crippen molar-refractivity contribution in [1.82, 2.24) is 9.97 Å². The van der Waals surface area contributed by atoms with Gasteiger partial charge in [0, 0.05) is 11.8 Å². The van der Waals surface area contributed by atoms with Gasteiger partial charge in [0.05, 0.1) is 32.3 Å². The molecule has 0 saturated carbocycles. The predicted molar refractivity (Wildman–Crippen MR) is 104 cm³/mol. The van der Waals surface area contributed by atoms with E-state index < -0.39 is 0 Å². The second kappa shape index (κ2) is 8.18. The summed E-state index contributed by atoms with van der Waals surface area (Å²) < 4.78 is 10.4. The number of anilines is 3. The van der Waals surface area contributed by atoms with Gasteiger partial charge in [-0.05, 0) is 30.7 Å². The smallest absolute Gasteiger partial charge is 0.275 e. The van der Waals surface area contributed by atoms with Gasteiger partial charge in [-0.2, -0.15) is 0 Å². The van der Waals surface area contributed by atoms with Crippen molar-refractivity contribution in [3.8, 4) is 11.5 Å². The first-order valence-corrected chi connectivity index (χ1v) is 8.29. The maximum absolute atomic E-state index is 12.4. The van der Waals surface area contributed by atoms with E-state index >= 15 is 0 Å². The Bertz CT molecular complexity index is 942. The van der Waals surface area contributed by atoms with Crippen molar-refractivity contribution < 1.29 is 14.3 Å². The third kappa shape index (κ3) is 4.33. The summed E-state index contributed by atoms with van der Waals surface area (Å²) in [4.78, 5) is 20.9. The minimum atomic E-state index is -0.381. The Kier molecular flexibility index (Phi) is 5.51. The van der Waals surface area contributed by atoms with Gasteiger partial charge >= 0.3 is 0 Å². The molecule has 1 amide bonds. The number of amides is 1. The molecular weight excluding hydrogens is 344 g/mol. The van der Waals surface area contributed by atoms with Gasteiger partial charge in [0.15, 0.2) is 0 Å². The first-order chi connectivity index (χ1) is 13.1. The normalized spacial score (nSPS) is 10.2. The maximum atomic E-state index is 12.4. The number of hydrogen-bond donors (Lipinski definition) is 2. The highest BCUT2D eigenvalue weighted by Gasteiger charge is 2.12. The molecule has 0 bridgehead atoms. The number of nitrogens with zero attached hydrogens (tertiary/aromatic N) is 2. The van der Waals surface area contributed by atoms with Crippen LogP contribution in [0.2, 0.25) is 0 Å². The molecule has 3 aromatic rings. The fourth-order valence-electron chi connectivity index (χ4n) is 2.45. The molecule has 0 spiro atoms. The molecule has 138 valence electrons. The van der Waals surface area contributed by atoms with Crippen LogP contribution < -0.4 is 20.1 Å². The Hall–Kier alpha value is -3.61. The number of carbonyl (C=O) groups excluding carboxylic acids is 1. The summed E-state index contributed by atoms with van der Waals surface area (Å²) in [6.45, 7) is 2.00. The van der Waals surface area contributed by atoms with Crippen molar-refractivity contribution >= 4 is 23.1 Å². The molecule has 2 aromatic carbocycles. The van der Waals surface area contributed by atoms with Crippen LogP contribution in [0.1, 0.15) is 16.1 Å². The van der Waals surface area contributed by atoms with Crippen LogP contribution in [0.5, 0.6) is 11.5 Å². The van der Waals surface area contributed by atoms with Gasteiger partial charge in [0.25, 0.3) is 5.91 Å². The zero-order valence-electron chi connectivity index (χ0n) is 15.3. The molecule has 1 heterocycles. The molecule has 2 N–H and O–H groups in total. The summed E-state index contributed by atoms with van der Waals surface area (Å²) in [5.74, 6) is 1.31. The molecule has 3 rings (SSSR count). The minimum absolute atomic E-state index is 0.197. The van der Waals surface area contributed by atoms with Crippen LogP contribution in [-0.4, -0.2) is 30.1 Å². The molecule has 0 aliphatic carbocycles. The Morgan fingerprint density at radius 3 is 2.44 bits per heavy atom. The molecule has 0 unspecified atom stereocenters. The summed E-state index contributed by atoms with van der Waals surface area (Å²) in [6, 6.07) is 13.0. The lowest BCUT2D eigenvalue weighted by atomic mass is 10.2. The van der Waals surface area contributed by atoms with Gasteiger partial charge in [-0.25, -0.2) is 9.97 Å². The largest absolute Gasteiger partial charge is 0.497 e. The van der Waals surface area contributed by atoms with E-state index in [1.807, 2.05) is 31.2 Å². The number of ether oxygens (including phenoxy) is 2. The molecule has 7 heteroatoms. The fraction of sp³-hybridized carbons (Fsp3) is 0.150. The lowest BCUT2D eigenvalue weighted by Crippen LogP contribution is -2.15. The van der Waals surface area contributed by atoms with Crippen LogP contribution in [0, 0.1) is 6.92 Å². The number of methoxy groups -OCH3 is 2. The van der Waals surface area contributed by atoms with Crippen molar-refractivity contribution in [1.29, 1.82) is 0 Å². The monoisotopic (exact) mass is 364 g/mol. The highest BCUT2D eigenvalue weighted by atomic mass is 16.5. The summed E-state index contributed by atoms with van der Waals surface area (Å²) >= 11 is 0. The third-order valence-electron chi connectivity index (χ3n) is 3.95. The van der Waals surface area contributed by atoms with E-state index in [1.54, 1.807) is 25.3 Å². The number of nitrogens with one attached hydrogen (secondary N) is 2. The summed E-state index contributed by atoms with van der Waals surface area (Å²) in [7, 11) is 3.09. The number of carbonyl (C=O) groups is 1. The fourth-order valence-corrected chi connectivity index (χ4v) is 2.45. The number of rotatable bonds is 6. The minimum Gasteiger partial charge on any atom is -0.497 e. The van der Waals surface area contributed by atoms with Crippen molar-refractivity contribution in [3.05, 3.63) is 66.1 Å². The molecule has 27 heavy (non-hydrogen) atoms. The molecule has 0 aliphatic heterocycles. The Labute approximate surface area is 157 Å². The average molecular weight is 364 g/mol. The van der Waals surface area contributed by atoms with Crippen LogP contribution >= 0.6 is 0 Å². The topological polar surface area (TPSA) is 85.4 Å². The first-order valence-electron chi connectivity index (χ1n) is 8.29. The van der Waals surface area contributed by atoms with E-state index in [1.165, 1.54) is 19.5 Å². The first kappa shape index (κ1) is 18.2. The Morgan fingerprint density at radius 1 is 0.963 bits per heavy atom. The Balaban J connectivity index is 1.72. The van der Waals surface area contributed by atoms with Gasteiger partial charge in [0.2, 0.25) is 0 Å². The highest BCUT2D eigenvalue weighted by molar-refractivity contribution is 6.03. The van der Waals surface area contributed by atoms with Gasteiger partial charge in [-0.15, -0.1) is 0 Å². The molecule has 0 fully saturated rings. The maximum Gasteiger partial charge on any atom is 0.275 e. The number of para-hydroxylation sites is 1. The van der Waals surface area contributed by atoms with Crippen molar-refractivity contribution in [3.63, 3.8) is 0 Å². The standard InChI is InChI=1S/C20H20N4O3/c1-13-6-4-5-7-15(13)23-19-12-21-17(11-22-19)20(25)24-16-9-8-14(26-2)10-18(16)27-3/h4-12H,1-3H3,(H,22,23)(H,24,25). The molecule has 0 atom stereocenters. The van der Waals surface area contributed by atoms with Gasteiger partial charge in [-0.3, -0.25) is 4.79 Å². The molecular formula is C20H20N4O3. The van der Waals surface area contributed by atoms with Gasteiger partial charge < -0.3 is 20.1 Å². The lowest BCUT2D eigenvalue weighted by Gasteiger charge is -2.11. The number of aromatic nitrogens is 2. The zero-order valence-corrected chi connectivity index (χ0v) is 15.3. The zero-order chi connectivity index (χ0) is 19.2. The van der Waals surface area contributed by atoms with Crippen LogP contribution in [0.25, 0.3) is 0 Å². The third-order valence-corrected chi connectivity index (χ3v) is 3.95. The predicted octanol–water partition coefficient (Wildman–Crippen LogP) is 3.80. The summed E-state index contributed by atoms with van der Waals surface area (Å²) in [5, 5.41) is 5.94.